The smallest absolute Gasteiger partial charge is 0.444 e. The van der Waals surface area contributed by atoms with E-state index in [0.29, 0.717) is 12.8 Å². The molecule has 1 aliphatic rings. The van der Waals surface area contributed by atoms with Crippen LogP contribution in [0.25, 0.3) is 0 Å². The molecular weight excluding hydrogens is 414 g/mol. The van der Waals surface area contributed by atoms with Gasteiger partial charge in [-0.05, 0) is 39.7 Å². The predicted molar refractivity (Wildman–Crippen MR) is 118 cm³/mol. The highest BCUT2D eigenvalue weighted by molar-refractivity contribution is 5.92. The number of carbonyl (C=O) groups excluding carboxylic acids is 3. The van der Waals surface area contributed by atoms with Gasteiger partial charge in [0.25, 0.3) is 0 Å². The first kappa shape index (κ1) is 25.3. The van der Waals surface area contributed by atoms with Crippen molar-refractivity contribution in [3.8, 4) is 0 Å². The number of alkyl carbamates (subject to hydrolysis) is 1. The van der Waals surface area contributed by atoms with E-state index in [1.165, 1.54) is 7.05 Å². The number of imide groups is 1. The Morgan fingerprint density at radius 1 is 1.22 bits per heavy atom. The molecule has 1 aromatic carbocycles. The molecule has 1 fully saturated rings. The molecule has 9 heteroatoms. The van der Waals surface area contributed by atoms with Gasteiger partial charge < -0.3 is 15.2 Å². The van der Waals surface area contributed by atoms with Crippen molar-refractivity contribution in [2.45, 2.75) is 64.6 Å². The Morgan fingerprint density at radius 3 is 2.34 bits per heavy atom. The standard InChI is InChI=1S/C23H33N3O6/c1-16-10-9-13-26(16,22(30)31)21(29)25(5)15-19(27)18(14-17-11-7-6-8-12-17)24-20(28)32-23(2,3)4/h6-8,11-12,16,18H,9-10,13-15H2,1-5H3,(H-,24,28,30,31)/p+1/t16?,18?,26-/m0/s1. The summed E-state index contributed by atoms with van der Waals surface area (Å²) in [6, 6.07) is 7.23. The van der Waals surface area contributed by atoms with Crippen LogP contribution in [0.2, 0.25) is 0 Å². The molecule has 3 atom stereocenters. The van der Waals surface area contributed by atoms with Crippen molar-refractivity contribution in [2.24, 2.45) is 0 Å². The number of amides is 4. The number of Topliss-reactive ketones (excluding diaryl/α,β-unsaturated/α-hetero) is 1. The third-order valence-electron chi connectivity index (χ3n) is 5.65. The summed E-state index contributed by atoms with van der Waals surface area (Å²) in [5, 5.41) is 12.4. The zero-order valence-electron chi connectivity index (χ0n) is 19.5. The van der Waals surface area contributed by atoms with E-state index in [0.717, 1.165) is 10.5 Å². The van der Waals surface area contributed by atoms with Crippen molar-refractivity contribution in [3.05, 3.63) is 35.9 Å². The fourth-order valence-electron chi connectivity index (χ4n) is 3.99. The molecule has 32 heavy (non-hydrogen) atoms. The quantitative estimate of drug-likeness (QED) is 0.645. The molecule has 0 saturated carbocycles. The van der Waals surface area contributed by atoms with Crippen LogP contribution in [0.4, 0.5) is 14.4 Å². The van der Waals surface area contributed by atoms with Crippen LogP contribution < -0.4 is 5.32 Å². The summed E-state index contributed by atoms with van der Waals surface area (Å²) >= 11 is 0. The highest BCUT2D eigenvalue weighted by Crippen LogP contribution is 2.29. The molecule has 0 spiro atoms. The fraction of sp³-hybridized carbons (Fsp3) is 0.565. The van der Waals surface area contributed by atoms with Crippen molar-refractivity contribution < 1.29 is 33.5 Å². The van der Waals surface area contributed by atoms with Gasteiger partial charge in [-0.2, -0.15) is 4.79 Å². The number of rotatable bonds is 6. The minimum Gasteiger partial charge on any atom is -0.444 e. The van der Waals surface area contributed by atoms with Crippen LogP contribution in [0.5, 0.6) is 0 Å². The second-order valence-corrected chi connectivity index (χ2v) is 9.36. The number of carbonyl (C=O) groups is 4. The van der Waals surface area contributed by atoms with E-state index in [1.54, 1.807) is 27.7 Å². The lowest BCUT2D eigenvalue weighted by Gasteiger charge is -2.33. The summed E-state index contributed by atoms with van der Waals surface area (Å²) in [6.07, 6.45) is -0.486. The van der Waals surface area contributed by atoms with E-state index < -0.39 is 40.1 Å². The van der Waals surface area contributed by atoms with Crippen LogP contribution in [0, 0.1) is 0 Å². The molecular formula is C23H34N3O6+. The van der Waals surface area contributed by atoms with E-state index in [9.17, 15) is 24.3 Å². The van der Waals surface area contributed by atoms with Crippen LogP contribution in [0.3, 0.4) is 0 Å². The molecule has 2 N–H and O–H groups in total. The maximum atomic E-state index is 13.1. The third-order valence-corrected chi connectivity index (χ3v) is 5.65. The number of nitrogens with one attached hydrogen (secondary N) is 1. The van der Waals surface area contributed by atoms with Gasteiger partial charge in [0.2, 0.25) is 0 Å². The number of carboxylic acid groups (broad SMARTS) is 1. The second kappa shape index (κ2) is 10.1. The van der Waals surface area contributed by atoms with Crippen molar-refractivity contribution in [2.75, 3.05) is 20.1 Å². The number of hydrogen-bond donors (Lipinski definition) is 2. The van der Waals surface area contributed by atoms with E-state index in [4.69, 9.17) is 4.74 Å². The number of ether oxygens (including phenoxy) is 1. The van der Waals surface area contributed by atoms with Gasteiger partial charge in [-0.3, -0.25) is 9.69 Å². The van der Waals surface area contributed by atoms with Crippen LogP contribution in [0.1, 0.15) is 46.1 Å². The van der Waals surface area contributed by atoms with Gasteiger partial charge in [-0.1, -0.05) is 30.3 Å². The molecule has 9 nitrogen and oxygen atoms in total. The molecule has 2 rings (SSSR count). The molecule has 2 unspecified atom stereocenters. The van der Waals surface area contributed by atoms with Gasteiger partial charge in [-0.25, -0.2) is 9.59 Å². The second-order valence-electron chi connectivity index (χ2n) is 9.36. The summed E-state index contributed by atoms with van der Waals surface area (Å²) in [4.78, 5) is 51.7. The molecule has 0 bridgehead atoms. The van der Waals surface area contributed by atoms with Crippen molar-refractivity contribution >= 4 is 24.0 Å². The average molecular weight is 449 g/mol. The van der Waals surface area contributed by atoms with Crippen LogP contribution in [0.15, 0.2) is 30.3 Å². The number of nitrogens with zero attached hydrogens (tertiary/aromatic N) is 2. The Bertz CT molecular complexity index is 851. The summed E-state index contributed by atoms with van der Waals surface area (Å²) < 4.78 is 4.57. The summed E-state index contributed by atoms with van der Waals surface area (Å²) in [5.41, 5.74) is 0.0966. The van der Waals surface area contributed by atoms with E-state index in [-0.39, 0.29) is 25.6 Å². The lowest BCUT2D eigenvalue weighted by molar-refractivity contribution is -0.790. The van der Waals surface area contributed by atoms with Gasteiger partial charge in [0.15, 0.2) is 5.78 Å². The van der Waals surface area contributed by atoms with Crippen molar-refractivity contribution in [1.82, 2.24) is 10.2 Å². The third kappa shape index (κ3) is 6.06. The van der Waals surface area contributed by atoms with Crippen LogP contribution in [-0.2, 0) is 16.0 Å². The van der Waals surface area contributed by atoms with Gasteiger partial charge in [-0.15, -0.1) is 4.48 Å². The monoisotopic (exact) mass is 448 g/mol. The van der Waals surface area contributed by atoms with Gasteiger partial charge in [0, 0.05) is 19.9 Å². The summed E-state index contributed by atoms with van der Waals surface area (Å²) in [6.45, 7) is 6.76. The number of quaternary nitrogens is 1. The zero-order valence-corrected chi connectivity index (χ0v) is 19.5. The average Bonchev–Trinajstić information content (AvgIpc) is 3.08. The number of urea groups is 1. The van der Waals surface area contributed by atoms with Gasteiger partial charge >= 0.3 is 18.2 Å². The Balaban J connectivity index is 2.18. The van der Waals surface area contributed by atoms with Crippen LogP contribution in [-0.4, -0.2) is 76.3 Å². The Kier molecular flexibility index (Phi) is 8.01. The normalized spacial score (nSPS) is 21.5. The molecule has 0 radical (unpaired) electrons. The SMILES string of the molecule is CC1CCC[N@@+]1(C(=O)O)C(=O)N(C)CC(=O)C(Cc1ccccc1)NC(=O)OC(C)(C)C. The van der Waals surface area contributed by atoms with E-state index in [2.05, 4.69) is 5.32 Å². The first-order valence-electron chi connectivity index (χ1n) is 10.8. The number of likely N-dealkylation sites (N-methyl/N-ethyl adjacent to an activating group) is 1. The predicted octanol–water partition coefficient (Wildman–Crippen LogP) is 3.42. The Labute approximate surface area is 188 Å². The van der Waals surface area contributed by atoms with E-state index >= 15 is 0 Å². The molecule has 0 aliphatic carbocycles. The highest BCUT2D eigenvalue weighted by Gasteiger charge is 2.54. The van der Waals surface area contributed by atoms with Crippen LogP contribution >= 0.6 is 0 Å². The molecule has 4 amide bonds. The number of likely N-dealkylation sites (tertiary alicyclic amines) is 1. The molecule has 1 saturated heterocycles. The Morgan fingerprint density at radius 2 is 1.84 bits per heavy atom. The fourth-order valence-corrected chi connectivity index (χ4v) is 3.99. The minimum absolute atomic E-state index is 0.192. The lowest BCUT2D eigenvalue weighted by Crippen LogP contribution is -2.63. The van der Waals surface area contributed by atoms with Gasteiger partial charge in [0.1, 0.15) is 11.6 Å². The highest BCUT2D eigenvalue weighted by atomic mass is 16.6. The molecule has 176 valence electrons. The summed E-state index contributed by atoms with van der Waals surface area (Å²) in [5.74, 6) is -0.411. The van der Waals surface area contributed by atoms with Gasteiger partial charge in [0.05, 0.1) is 19.1 Å². The lowest BCUT2D eigenvalue weighted by atomic mass is 10.0. The largest absolute Gasteiger partial charge is 0.523 e. The maximum Gasteiger partial charge on any atom is 0.523 e. The molecule has 1 heterocycles. The number of ketones is 1. The maximum absolute atomic E-state index is 13.1. The summed E-state index contributed by atoms with van der Waals surface area (Å²) in [7, 11) is 1.42. The van der Waals surface area contributed by atoms with E-state index in [1.807, 2.05) is 30.3 Å². The van der Waals surface area contributed by atoms with Crippen molar-refractivity contribution in [1.29, 1.82) is 0 Å². The zero-order chi connectivity index (χ0) is 24.1. The molecule has 1 aliphatic heterocycles. The first-order chi connectivity index (χ1) is 14.9. The number of benzene rings is 1. The van der Waals surface area contributed by atoms with Crippen molar-refractivity contribution in [3.63, 3.8) is 0 Å². The first-order valence-corrected chi connectivity index (χ1v) is 10.8. The number of hydrogen-bond acceptors (Lipinski definition) is 5. The molecule has 1 aromatic rings. The Hall–Kier alpha value is -2.94. The topological polar surface area (TPSA) is 113 Å². The minimum atomic E-state index is -1.22. The molecule has 0 aromatic heterocycles.